The number of aryl methyl sites for hydroxylation is 1. The summed E-state index contributed by atoms with van der Waals surface area (Å²) in [6, 6.07) is 15.7. The Kier molecular flexibility index (Phi) is 4.95. The topological polar surface area (TPSA) is 63.8 Å². The summed E-state index contributed by atoms with van der Waals surface area (Å²) in [4.78, 5) is 6.76. The van der Waals surface area contributed by atoms with Gasteiger partial charge in [0.1, 0.15) is 12.7 Å². The molecule has 1 fully saturated rings. The van der Waals surface area contributed by atoms with Crippen LogP contribution in [0.1, 0.15) is 34.7 Å². The fourth-order valence-electron chi connectivity index (χ4n) is 4.28. The molecule has 1 aliphatic heterocycles. The summed E-state index contributed by atoms with van der Waals surface area (Å²) in [6.45, 7) is 4.17. The lowest BCUT2D eigenvalue weighted by Crippen LogP contribution is -2.29. The van der Waals surface area contributed by atoms with E-state index in [4.69, 9.17) is 23.8 Å². The van der Waals surface area contributed by atoms with Crippen molar-refractivity contribution in [3.05, 3.63) is 95.1 Å². The molecule has 0 amide bonds. The Morgan fingerprint density at radius 2 is 1.77 bits per heavy atom. The molecular weight excluding hydrogens is 430 g/mol. The first-order valence-electron chi connectivity index (χ1n) is 9.85. The van der Waals surface area contributed by atoms with Crippen molar-refractivity contribution in [1.29, 1.82) is 0 Å². The van der Waals surface area contributed by atoms with E-state index in [1.165, 1.54) is 0 Å². The largest absolute Gasteiger partial charge is 0.351 e. The molecule has 0 spiro atoms. The number of halogens is 1. The van der Waals surface area contributed by atoms with E-state index >= 15 is 0 Å². The van der Waals surface area contributed by atoms with E-state index in [0.717, 1.165) is 28.3 Å². The number of nitrogens with zero attached hydrogens (tertiary/aromatic N) is 6. The van der Waals surface area contributed by atoms with Crippen LogP contribution >= 0.6 is 23.8 Å². The highest BCUT2D eigenvalue weighted by atomic mass is 35.5. The molecule has 3 aromatic heterocycles. The van der Waals surface area contributed by atoms with Crippen molar-refractivity contribution < 1.29 is 0 Å². The van der Waals surface area contributed by atoms with Gasteiger partial charge in [0.2, 0.25) is 0 Å². The highest BCUT2D eigenvalue weighted by Crippen LogP contribution is 2.43. The Balaban J connectivity index is 1.68. The van der Waals surface area contributed by atoms with Crippen molar-refractivity contribution >= 4 is 34.6 Å². The number of hydrogen-bond acceptors (Lipinski definition) is 4. The van der Waals surface area contributed by atoms with Gasteiger partial charge in [-0.25, -0.2) is 4.68 Å². The highest BCUT2D eigenvalue weighted by molar-refractivity contribution is 7.80. The number of rotatable bonds is 4. The normalized spacial score (nSPS) is 18.4. The quantitative estimate of drug-likeness (QED) is 0.470. The minimum atomic E-state index is -0.112. The minimum absolute atomic E-state index is 0.0972. The SMILES string of the molecule is Cc1cc([C@H]2[C@H](c3ccccn3)NC(=S)N2c2ccc(Cl)cc2)c(C)n1-n1cnnc1. The van der Waals surface area contributed by atoms with Crippen molar-refractivity contribution in [2.24, 2.45) is 0 Å². The van der Waals surface area contributed by atoms with Crippen LogP contribution in [0.3, 0.4) is 0 Å². The van der Waals surface area contributed by atoms with Crippen LogP contribution in [0.5, 0.6) is 0 Å². The molecular formula is C22H20ClN7S. The maximum absolute atomic E-state index is 6.14. The molecule has 31 heavy (non-hydrogen) atoms. The van der Waals surface area contributed by atoms with Crippen molar-refractivity contribution in [2.45, 2.75) is 25.9 Å². The lowest BCUT2D eigenvalue weighted by atomic mass is 9.96. The summed E-state index contributed by atoms with van der Waals surface area (Å²) in [5.41, 5.74) is 5.19. The molecule has 7 nitrogen and oxygen atoms in total. The van der Waals surface area contributed by atoms with Gasteiger partial charge in [-0.1, -0.05) is 17.7 Å². The van der Waals surface area contributed by atoms with Gasteiger partial charge in [-0.2, -0.15) is 0 Å². The first-order chi connectivity index (χ1) is 15.0. The zero-order chi connectivity index (χ0) is 21.5. The Morgan fingerprint density at radius 3 is 2.45 bits per heavy atom. The van der Waals surface area contributed by atoms with Crippen molar-refractivity contribution in [3.8, 4) is 0 Å². The molecule has 0 unspecified atom stereocenters. The molecule has 2 atom stereocenters. The predicted octanol–water partition coefficient (Wildman–Crippen LogP) is 4.23. The van der Waals surface area contributed by atoms with Crippen molar-refractivity contribution in [3.63, 3.8) is 0 Å². The standard InChI is InChI=1S/C22H20ClN7S/c1-14-11-18(15(2)30(14)28-12-25-26-13-28)21-20(19-5-3-4-10-24-19)27-22(31)29(21)17-8-6-16(23)7-9-17/h3-13,20-21H,1-2H3,(H,27,31)/t20-,21-/m0/s1. The third-order valence-corrected chi connectivity index (χ3v) is 6.16. The molecule has 0 aliphatic carbocycles. The summed E-state index contributed by atoms with van der Waals surface area (Å²) in [5, 5.41) is 12.7. The van der Waals surface area contributed by atoms with Gasteiger partial charge in [0.15, 0.2) is 5.11 Å². The van der Waals surface area contributed by atoms with Crippen LogP contribution in [0.25, 0.3) is 0 Å². The number of pyridine rings is 1. The molecule has 4 aromatic rings. The van der Waals surface area contributed by atoms with Gasteiger partial charge in [-0.15, -0.1) is 10.2 Å². The van der Waals surface area contributed by atoms with E-state index in [9.17, 15) is 0 Å². The third-order valence-electron chi connectivity index (χ3n) is 5.59. The smallest absolute Gasteiger partial charge is 0.174 e. The highest BCUT2D eigenvalue weighted by Gasteiger charge is 2.42. The molecule has 1 N–H and O–H groups in total. The lowest BCUT2D eigenvalue weighted by Gasteiger charge is -2.28. The van der Waals surface area contributed by atoms with Gasteiger partial charge in [-0.05, 0) is 68.5 Å². The predicted molar refractivity (Wildman–Crippen MR) is 124 cm³/mol. The molecule has 9 heteroatoms. The van der Waals surface area contributed by atoms with Crippen LogP contribution in [-0.4, -0.2) is 29.6 Å². The number of nitrogens with one attached hydrogen (secondary N) is 1. The molecule has 4 heterocycles. The molecule has 0 bridgehead atoms. The zero-order valence-corrected chi connectivity index (χ0v) is 18.5. The minimum Gasteiger partial charge on any atom is -0.351 e. The number of anilines is 1. The summed E-state index contributed by atoms with van der Waals surface area (Å²) in [7, 11) is 0. The average Bonchev–Trinajstić information content (AvgIpc) is 3.47. The van der Waals surface area contributed by atoms with E-state index < -0.39 is 0 Å². The van der Waals surface area contributed by atoms with Crippen LogP contribution in [0, 0.1) is 13.8 Å². The van der Waals surface area contributed by atoms with Crippen molar-refractivity contribution in [1.82, 2.24) is 29.9 Å². The Morgan fingerprint density at radius 1 is 1.03 bits per heavy atom. The second-order valence-corrected chi connectivity index (χ2v) is 8.28. The van der Waals surface area contributed by atoms with Gasteiger partial charge in [0, 0.05) is 33.9 Å². The monoisotopic (exact) mass is 449 g/mol. The lowest BCUT2D eigenvalue weighted by molar-refractivity contribution is 0.557. The van der Waals surface area contributed by atoms with Gasteiger partial charge >= 0.3 is 0 Å². The Labute approximate surface area is 190 Å². The summed E-state index contributed by atoms with van der Waals surface area (Å²) < 4.78 is 3.96. The first-order valence-corrected chi connectivity index (χ1v) is 10.6. The maximum Gasteiger partial charge on any atom is 0.174 e. The van der Waals surface area contributed by atoms with E-state index in [0.29, 0.717) is 10.1 Å². The van der Waals surface area contributed by atoms with E-state index in [1.807, 2.05) is 53.3 Å². The van der Waals surface area contributed by atoms with Crippen LogP contribution < -0.4 is 10.2 Å². The molecule has 1 aromatic carbocycles. The van der Waals surface area contributed by atoms with E-state index in [-0.39, 0.29) is 12.1 Å². The second-order valence-electron chi connectivity index (χ2n) is 7.45. The summed E-state index contributed by atoms with van der Waals surface area (Å²) in [5.74, 6) is 0. The molecule has 5 rings (SSSR count). The zero-order valence-electron chi connectivity index (χ0n) is 17.0. The van der Waals surface area contributed by atoms with Gasteiger partial charge < -0.3 is 10.2 Å². The number of benzene rings is 1. The van der Waals surface area contributed by atoms with E-state index in [2.05, 4.69) is 50.0 Å². The molecule has 1 aliphatic rings. The van der Waals surface area contributed by atoms with Gasteiger partial charge in [0.25, 0.3) is 0 Å². The van der Waals surface area contributed by atoms with E-state index in [1.54, 1.807) is 12.7 Å². The number of hydrogen-bond donors (Lipinski definition) is 1. The Hall–Kier alpha value is -3.23. The van der Waals surface area contributed by atoms with Crippen LogP contribution in [0.4, 0.5) is 5.69 Å². The third kappa shape index (κ3) is 3.37. The molecule has 156 valence electrons. The summed E-state index contributed by atoms with van der Waals surface area (Å²) >= 11 is 11.9. The summed E-state index contributed by atoms with van der Waals surface area (Å²) in [6.07, 6.45) is 5.19. The maximum atomic E-state index is 6.14. The molecule has 0 radical (unpaired) electrons. The average molecular weight is 450 g/mol. The molecule has 0 saturated carbocycles. The van der Waals surface area contributed by atoms with Crippen molar-refractivity contribution in [2.75, 3.05) is 4.90 Å². The fraction of sp³-hybridized carbons (Fsp3) is 0.182. The second kappa shape index (κ2) is 7.79. The van der Waals surface area contributed by atoms with Crippen LogP contribution in [-0.2, 0) is 0 Å². The number of aromatic nitrogens is 5. The van der Waals surface area contributed by atoms with Gasteiger partial charge in [0.05, 0.1) is 17.8 Å². The molecule has 1 saturated heterocycles. The number of thiocarbonyl (C=S) groups is 1. The fourth-order valence-corrected chi connectivity index (χ4v) is 4.75. The van der Waals surface area contributed by atoms with Crippen LogP contribution in [0.2, 0.25) is 5.02 Å². The van der Waals surface area contributed by atoms with Gasteiger partial charge in [-0.3, -0.25) is 9.66 Å². The van der Waals surface area contributed by atoms with Crippen LogP contribution in [0.15, 0.2) is 67.4 Å². The first kappa shape index (κ1) is 19.7. The Bertz CT molecular complexity index is 1220.